The highest BCUT2D eigenvalue weighted by Gasteiger charge is 2.41. The summed E-state index contributed by atoms with van der Waals surface area (Å²) in [6, 6.07) is 2.78. The number of nitro groups is 1. The summed E-state index contributed by atoms with van der Waals surface area (Å²) in [5.74, 6) is 0.897. The van der Waals surface area contributed by atoms with Gasteiger partial charge in [0.25, 0.3) is 5.69 Å². The molecule has 7 heteroatoms. The van der Waals surface area contributed by atoms with E-state index in [9.17, 15) is 15.2 Å². The minimum Gasteiger partial charge on any atom is -0.396 e. The molecule has 0 amide bonds. The lowest BCUT2D eigenvalue weighted by atomic mass is 10.1. The molecule has 2 rings (SSSR count). The molecule has 98 valence electrons. The molecule has 1 aromatic rings. The van der Waals surface area contributed by atoms with Crippen LogP contribution >= 0.6 is 0 Å². The summed E-state index contributed by atoms with van der Waals surface area (Å²) in [5, 5.41) is 25.8. The fourth-order valence-corrected chi connectivity index (χ4v) is 1.69. The van der Waals surface area contributed by atoms with Crippen LogP contribution in [0, 0.1) is 15.5 Å². The van der Waals surface area contributed by atoms with Gasteiger partial charge in [-0.05, 0) is 12.8 Å². The van der Waals surface area contributed by atoms with Crippen molar-refractivity contribution in [3.05, 3.63) is 22.2 Å². The summed E-state index contributed by atoms with van der Waals surface area (Å²) < 4.78 is 0. The number of rotatable bonds is 6. The zero-order chi connectivity index (χ0) is 13.2. The molecule has 1 aliphatic rings. The fourth-order valence-electron chi connectivity index (χ4n) is 1.69. The zero-order valence-corrected chi connectivity index (χ0v) is 10.1. The maximum absolute atomic E-state index is 10.8. The van der Waals surface area contributed by atoms with Gasteiger partial charge in [0.15, 0.2) is 0 Å². The number of pyridine rings is 1. The van der Waals surface area contributed by atoms with Gasteiger partial charge >= 0.3 is 0 Å². The normalized spacial score (nSPS) is 16.1. The summed E-state index contributed by atoms with van der Waals surface area (Å²) >= 11 is 0. The summed E-state index contributed by atoms with van der Waals surface area (Å²) in [5.41, 5.74) is -0.0720. The third kappa shape index (κ3) is 2.67. The molecule has 0 radical (unpaired) electrons. The Hall–Kier alpha value is -1.89. The zero-order valence-electron chi connectivity index (χ0n) is 10.1. The minimum absolute atomic E-state index is 0.00862. The van der Waals surface area contributed by atoms with Crippen molar-refractivity contribution < 1.29 is 10.0 Å². The number of nitrogens with zero attached hydrogens (tertiary/aromatic N) is 2. The van der Waals surface area contributed by atoms with Crippen LogP contribution in [0.4, 0.5) is 17.3 Å². The van der Waals surface area contributed by atoms with Crippen molar-refractivity contribution in [2.45, 2.75) is 12.8 Å². The average Bonchev–Trinajstić information content (AvgIpc) is 3.16. The van der Waals surface area contributed by atoms with E-state index in [2.05, 4.69) is 15.6 Å². The first-order chi connectivity index (χ1) is 8.58. The Kier molecular flexibility index (Phi) is 3.33. The molecule has 0 bridgehead atoms. The average molecular weight is 252 g/mol. The van der Waals surface area contributed by atoms with Crippen LogP contribution in [-0.4, -0.2) is 35.2 Å². The molecule has 0 aliphatic heterocycles. The maximum atomic E-state index is 10.8. The van der Waals surface area contributed by atoms with Gasteiger partial charge in [0.1, 0.15) is 11.6 Å². The Labute approximate surface area is 104 Å². The quantitative estimate of drug-likeness (QED) is 0.520. The van der Waals surface area contributed by atoms with Crippen molar-refractivity contribution in [2.24, 2.45) is 5.41 Å². The molecule has 1 fully saturated rings. The van der Waals surface area contributed by atoms with Crippen molar-refractivity contribution in [1.82, 2.24) is 4.98 Å². The van der Waals surface area contributed by atoms with Gasteiger partial charge < -0.3 is 15.7 Å². The molecule has 1 aromatic heterocycles. The Balaban J connectivity index is 2.11. The number of aliphatic hydroxyl groups is 1. The molecule has 1 saturated carbocycles. The lowest BCUT2D eigenvalue weighted by Crippen LogP contribution is -2.19. The van der Waals surface area contributed by atoms with Crippen LogP contribution in [0.25, 0.3) is 0 Å². The van der Waals surface area contributed by atoms with Gasteiger partial charge in [-0.15, -0.1) is 0 Å². The second kappa shape index (κ2) is 4.77. The standard InChI is InChI=1S/C11H16N4O3/c1-12-9-4-8(15(17)18)5-10(14-9)13-6-11(7-16)2-3-11/h4-5,16H,2-3,6-7H2,1H3,(H2,12,13,14). The molecule has 3 N–H and O–H groups in total. The second-order valence-electron chi connectivity index (χ2n) is 4.61. The van der Waals surface area contributed by atoms with Gasteiger partial charge in [0.2, 0.25) is 0 Å². The van der Waals surface area contributed by atoms with Crippen LogP contribution in [0.15, 0.2) is 12.1 Å². The SMILES string of the molecule is CNc1cc([N+](=O)[O-])cc(NCC2(CO)CC2)n1. The number of anilines is 2. The highest BCUT2D eigenvalue weighted by molar-refractivity contribution is 5.54. The van der Waals surface area contributed by atoms with Crippen molar-refractivity contribution >= 4 is 17.3 Å². The predicted octanol–water partition coefficient (Wildman–Crippen LogP) is 1.22. The van der Waals surface area contributed by atoms with Crippen LogP contribution in [0.3, 0.4) is 0 Å². The molecular formula is C11H16N4O3. The van der Waals surface area contributed by atoms with Gasteiger partial charge in [-0.25, -0.2) is 4.98 Å². The Bertz CT molecular complexity index is 460. The molecule has 0 saturated heterocycles. The van der Waals surface area contributed by atoms with Gasteiger partial charge in [0, 0.05) is 19.0 Å². The Morgan fingerprint density at radius 1 is 1.50 bits per heavy atom. The maximum Gasteiger partial charge on any atom is 0.276 e. The summed E-state index contributed by atoms with van der Waals surface area (Å²) in [6.45, 7) is 0.717. The molecule has 18 heavy (non-hydrogen) atoms. The molecule has 1 heterocycles. The predicted molar refractivity (Wildman–Crippen MR) is 67.7 cm³/mol. The highest BCUT2D eigenvalue weighted by atomic mass is 16.6. The summed E-state index contributed by atoms with van der Waals surface area (Å²) in [4.78, 5) is 14.5. The van der Waals surface area contributed by atoms with E-state index in [-0.39, 0.29) is 17.7 Å². The first-order valence-corrected chi connectivity index (χ1v) is 5.77. The summed E-state index contributed by atoms with van der Waals surface area (Å²) in [6.07, 6.45) is 1.95. The third-order valence-electron chi connectivity index (χ3n) is 3.21. The second-order valence-corrected chi connectivity index (χ2v) is 4.61. The van der Waals surface area contributed by atoms with Crippen LogP contribution < -0.4 is 10.6 Å². The lowest BCUT2D eigenvalue weighted by molar-refractivity contribution is -0.384. The van der Waals surface area contributed by atoms with Crippen molar-refractivity contribution in [2.75, 3.05) is 30.8 Å². The molecule has 7 nitrogen and oxygen atoms in total. The number of aromatic nitrogens is 1. The van der Waals surface area contributed by atoms with E-state index in [1.807, 2.05) is 0 Å². The largest absolute Gasteiger partial charge is 0.396 e. The molecule has 0 aromatic carbocycles. The first kappa shape index (κ1) is 12.6. The first-order valence-electron chi connectivity index (χ1n) is 5.77. The monoisotopic (exact) mass is 252 g/mol. The lowest BCUT2D eigenvalue weighted by Gasteiger charge is -2.13. The topological polar surface area (TPSA) is 100 Å². The smallest absolute Gasteiger partial charge is 0.276 e. The van der Waals surface area contributed by atoms with Gasteiger partial charge in [-0.2, -0.15) is 0 Å². The van der Waals surface area contributed by atoms with Crippen LogP contribution in [0.1, 0.15) is 12.8 Å². The van der Waals surface area contributed by atoms with E-state index in [0.717, 1.165) is 12.8 Å². The van der Waals surface area contributed by atoms with E-state index in [1.165, 1.54) is 12.1 Å². The van der Waals surface area contributed by atoms with Crippen LogP contribution in [0.5, 0.6) is 0 Å². The van der Waals surface area contributed by atoms with Crippen molar-refractivity contribution in [3.8, 4) is 0 Å². The minimum atomic E-state index is -0.452. The fraction of sp³-hybridized carbons (Fsp3) is 0.545. The van der Waals surface area contributed by atoms with Crippen LogP contribution in [-0.2, 0) is 0 Å². The number of nitrogens with one attached hydrogen (secondary N) is 2. The van der Waals surface area contributed by atoms with Gasteiger partial charge in [0.05, 0.1) is 23.7 Å². The highest BCUT2D eigenvalue weighted by Crippen LogP contribution is 2.44. The Morgan fingerprint density at radius 2 is 2.17 bits per heavy atom. The molecule has 1 aliphatic carbocycles. The van der Waals surface area contributed by atoms with E-state index in [0.29, 0.717) is 18.2 Å². The number of hydrogen-bond acceptors (Lipinski definition) is 6. The van der Waals surface area contributed by atoms with Gasteiger partial charge in [-0.3, -0.25) is 10.1 Å². The van der Waals surface area contributed by atoms with E-state index >= 15 is 0 Å². The van der Waals surface area contributed by atoms with Crippen LogP contribution in [0.2, 0.25) is 0 Å². The Morgan fingerprint density at radius 3 is 2.67 bits per heavy atom. The molecular weight excluding hydrogens is 236 g/mol. The number of aliphatic hydroxyl groups excluding tert-OH is 1. The van der Waals surface area contributed by atoms with Crippen molar-refractivity contribution in [1.29, 1.82) is 0 Å². The van der Waals surface area contributed by atoms with E-state index in [1.54, 1.807) is 7.05 Å². The van der Waals surface area contributed by atoms with E-state index < -0.39 is 4.92 Å². The van der Waals surface area contributed by atoms with Crippen molar-refractivity contribution in [3.63, 3.8) is 0 Å². The molecule has 0 atom stereocenters. The molecule has 0 unspecified atom stereocenters. The van der Waals surface area contributed by atoms with Gasteiger partial charge in [-0.1, -0.05) is 0 Å². The summed E-state index contributed by atoms with van der Waals surface area (Å²) in [7, 11) is 1.66. The third-order valence-corrected chi connectivity index (χ3v) is 3.21. The van der Waals surface area contributed by atoms with E-state index in [4.69, 9.17) is 0 Å². The number of hydrogen-bond donors (Lipinski definition) is 3. The molecule has 0 spiro atoms.